The number of pyridine rings is 1. The molecule has 0 aliphatic heterocycles. The minimum absolute atomic E-state index is 0.186. The van der Waals surface area contributed by atoms with Gasteiger partial charge in [0.1, 0.15) is 0 Å². The lowest BCUT2D eigenvalue weighted by molar-refractivity contribution is 0.0696. The summed E-state index contributed by atoms with van der Waals surface area (Å²) in [5.41, 5.74) is 10.1. The first-order valence-corrected chi connectivity index (χ1v) is 12.3. The van der Waals surface area contributed by atoms with E-state index in [1.165, 1.54) is 0 Å². The van der Waals surface area contributed by atoms with Gasteiger partial charge in [0.25, 0.3) is 0 Å². The Kier molecular flexibility index (Phi) is 7.39. The van der Waals surface area contributed by atoms with Crippen LogP contribution in [0.2, 0.25) is 0 Å². The lowest BCUT2D eigenvalue weighted by Gasteiger charge is -2.17. The number of nitrogens with two attached hydrogens (primary N) is 1. The summed E-state index contributed by atoms with van der Waals surface area (Å²) in [4.78, 5) is 20.4. The standard InChI is InChI=1S/C25H29BrN6O3/c1-4-16(14-32-22-12-18(26)7-8-20(22)30-25(32)27)6-5-9-35-23-19(13-28-31(23)3)21-11-17(24(33)34)10-15(2)29-21/h7-8,10-13,16H,4-6,9,14H2,1-3H3,(H2,27,30)(H,33,34)/t16-/m1/s1. The number of anilines is 1. The molecule has 1 aromatic carbocycles. The van der Waals surface area contributed by atoms with Crippen molar-refractivity contribution in [2.75, 3.05) is 12.3 Å². The van der Waals surface area contributed by atoms with Crippen molar-refractivity contribution >= 4 is 38.9 Å². The van der Waals surface area contributed by atoms with Gasteiger partial charge in [0.15, 0.2) is 0 Å². The zero-order valence-electron chi connectivity index (χ0n) is 20.0. The number of aromatic nitrogens is 5. The zero-order chi connectivity index (χ0) is 25.1. The second-order valence-electron chi connectivity index (χ2n) is 8.65. The molecule has 3 N–H and O–H groups in total. The maximum absolute atomic E-state index is 11.5. The van der Waals surface area contributed by atoms with Gasteiger partial charge >= 0.3 is 5.97 Å². The maximum Gasteiger partial charge on any atom is 0.335 e. The van der Waals surface area contributed by atoms with E-state index in [-0.39, 0.29) is 5.56 Å². The molecule has 0 aliphatic carbocycles. The van der Waals surface area contributed by atoms with Crippen LogP contribution in [0.4, 0.5) is 5.95 Å². The fraction of sp³-hybridized carbons (Fsp3) is 0.360. The van der Waals surface area contributed by atoms with Gasteiger partial charge < -0.3 is 20.1 Å². The van der Waals surface area contributed by atoms with E-state index in [9.17, 15) is 9.90 Å². The molecule has 35 heavy (non-hydrogen) atoms. The predicted molar refractivity (Wildman–Crippen MR) is 138 cm³/mol. The first kappa shape index (κ1) is 24.7. The number of nitrogen functional groups attached to an aromatic ring is 1. The van der Waals surface area contributed by atoms with Crippen LogP contribution in [0, 0.1) is 12.8 Å². The molecule has 0 aliphatic rings. The molecule has 9 nitrogen and oxygen atoms in total. The molecule has 0 amide bonds. The van der Waals surface area contributed by atoms with Crippen LogP contribution in [-0.4, -0.2) is 42.0 Å². The predicted octanol–water partition coefficient (Wildman–Crippen LogP) is 5.07. The number of ether oxygens (including phenoxy) is 1. The summed E-state index contributed by atoms with van der Waals surface area (Å²) in [7, 11) is 1.80. The number of imidazole rings is 1. The van der Waals surface area contributed by atoms with Crippen LogP contribution in [0.5, 0.6) is 5.88 Å². The molecular weight excluding hydrogens is 512 g/mol. The van der Waals surface area contributed by atoms with Crippen molar-refractivity contribution < 1.29 is 14.6 Å². The molecule has 0 fully saturated rings. The van der Waals surface area contributed by atoms with Crippen LogP contribution in [0.25, 0.3) is 22.3 Å². The fourth-order valence-electron chi connectivity index (χ4n) is 4.23. The van der Waals surface area contributed by atoms with Crippen LogP contribution < -0.4 is 10.5 Å². The van der Waals surface area contributed by atoms with Crippen molar-refractivity contribution in [1.29, 1.82) is 0 Å². The minimum Gasteiger partial charge on any atom is -0.478 e. The van der Waals surface area contributed by atoms with Crippen molar-refractivity contribution in [1.82, 2.24) is 24.3 Å². The SMILES string of the molecule is CC[C@H](CCCOc1c(-c2cc(C(=O)O)cc(C)n2)cnn1C)Cn1c(N)nc2ccc(Br)cc21. The average Bonchev–Trinajstić information content (AvgIpc) is 3.34. The van der Waals surface area contributed by atoms with Gasteiger partial charge in [0.2, 0.25) is 11.8 Å². The molecule has 0 unspecified atom stereocenters. The molecule has 1 atom stereocenters. The van der Waals surface area contributed by atoms with Crippen LogP contribution >= 0.6 is 15.9 Å². The second kappa shape index (κ2) is 10.5. The number of hydrogen-bond acceptors (Lipinski definition) is 6. The van der Waals surface area contributed by atoms with E-state index < -0.39 is 5.97 Å². The Hall–Kier alpha value is -3.40. The lowest BCUT2D eigenvalue weighted by Crippen LogP contribution is -2.14. The Bertz CT molecular complexity index is 1360. The summed E-state index contributed by atoms with van der Waals surface area (Å²) in [5, 5.41) is 13.7. The number of halogens is 1. The van der Waals surface area contributed by atoms with Gasteiger partial charge in [0.05, 0.1) is 40.7 Å². The topological polar surface area (TPSA) is 121 Å². The van der Waals surface area contributed by atoms with Crippen LogP contribution in [0.3, 0.4) is 0 Å². The van der Waals surface area contributed by atoms with Gasteiger partial charge in [-0.2, -0.15) is 5.10 Å². The summed E-state index contributed by atoms with van der Waals surface area (Å²) in [6.45, 7) is 5.25. The highest BCUT2D eigenvalue weighted by molar-refractivity contribution is 9.10. The van der Waals surface area contributed by atoms with E-state index in [2.05, 4.69) is 42.5 Å². The largest absolute Gasteiger partial charge is 0.478 e. The third-order valence-corrected chi connectivity index (χ3v) is 6.61. The summed E-state index contributed by atoms with van der Waals surface area (Å²) >= 11 is 3.53. The normalized spacial score (nSPS) is 12.2. The lowest BCUT2D eigenvalue weighted by atomic mass is 10.0. The van der Waals surface area contributed by atoms with E-state index >= 15 is 0 Å². The Morgan fingerprint density at radius 1 is 1.26 bits per heavy atom. The number of fused-ring (bicyclic) bond motifs is 1. The number of benzene rings is 1. The van der Waals surface area contributed by atoms with Gasteiger partial charge in [-0.05, 0) is 56.0 Å². The molecular formula is C25H29BrN6O3. The summed E-state index contributed by atoms with van der Waals surface area (Å²) in [6, 6.07) is 9.07. The molecule has 4 rings (SSSR count). The quantitative estimate of drug-likeness (QED) is 0.269. The molecule has 0 saturated heterocycles. The van der Waals surface area contributed by atoms with Crippen molar-refractivity contribution in [2.24, 2.45) is 13.0 Å². The first-order valence-electron chi connectivity index (χ1n) is 11.5. The Labute approximate surface area is 212 Å². The third kappa shape index (κ3) is 5.48. The van der Waals surface area contributed by atoms with Crippen LogP contribution in [-0.2, 0) is 13.6 Å². The summed E-state index contributed by atoms with van der Waals surface area (Å²) < 4.78 is 10.8. The summed E-state index contributed by atoms with van der Waals surface area (Å²) in [5.74, 6) is 0.521. The highest BCUT2D eigenvalue weighted by Gasteiger charge is 2.17. The zero-order valence-corrected chi connectivity index (χ0v) is 21.6. The van der Waals surface area contributed by atoms with Crippen LogP contribution in [0.15, 0.2) is 41.0 Å². The Morgan fingerprint density at radius 2 is 2.06 bits per heavy atom. The van der Waals surface area contributed by atoms with Crippen molar-refractivity contribution in [3.63, 3.8) is 0 Å². The molecule has 10 heteroatoms. The maximum atomic E-state index is 11.5. The van der Waals surface area contributed by atoms with Gasteiger partial charge in [-0.3, -0.25) is 4.98 Å². The number of nitrogens with zero attached hydrogens (tertiary/aromatic N) is 5. The highest BCUT2D eigenvalue weighted by Crippen LogP contribution is 2.30. The van der Waals surface area contributed by atoms with Crippen molar-refractivity contribution in [3.8, 4) is 17.1 Å². The number of rotatable bonds is 10. The summed E-state index contributed by atoms with van der Waals surface area (Å²) in [6.07, 6.45) is 4.47. The fourth-order valence-corrected chi connectivity index (χ4v) is 4.58. The minimum atomic E-state index is -0.993. The number of carboxylic acids is 1. The Morgan fingerprint density at radius 3 is 2.80 bits per heavy atom. The molecule has 4 aromatic rings. The number of hydrogen-bond donors (Lipinski definition) is 2. The molecule has 0 spiro atoms. The van der Waals surface area contributed by atoms with E-state index in [1.807, 2.05) is 18.2 Å². The number of carbonyl (C=O) groups is 1. The van der Waals surface area contributed by atoms with Gasteiger partial charge in [-0.15, -0.1) is 0 Å². The monoisotopic (exact) mass is 540 g/mol. The van der Waals surface area contributed by atoms with E-state index in [0.29, 0.717) is 41.3 Å². The number of aromatic carboxylic acids is 1. The number of aryl methyl sites for hydroxylation is 2. The Balaban J connectivity index is 1.41. The van der Waals surface area contributed by atoms with E-state index in [0.717, 1.165) is 41.3 Å². The van der Waals surface area contributed by atoms with E-state index in [4.69, 9.17) is 10.5 Å². The van der Waals surface area contributed by atoms with Crippen molar-refractivity contribution in [2.45, 2.75) is 39.7 Å². The van der Waals surface area contributed by atoms with Gasteiger partial charge in [-0.25, -0.2) is 14.5 Å². The highest BCUT2D eigenvalue weighted by atomic mass is 79.9. The van der Waals surface area contributed by atoms with Gasteiger partial charge in [0, 0.05) is 23.8 Å². The molecule has 0 radical (unpaired) electrons. The van der Waals surface area contributed by atoms with Gasteiger partial charge in [-0.1, -0.05) is 29.3 Å². The molecule has 0 saturated carbocycles. The number of carboxylic acid groups (broad SMARTS) is 1. The third-order valence-electron chi connectivity index (χ3n) is 6.11. The van der Waals surface area contributed by atoms with E-state index in [1.54, 1.807) is 37.0 Å². The average molecular weight is 541 g/mol. The smallest absolute Gasteiger partial charge is 0.335 e. The molecule has 0 bridgehead atoms. The molecule has 3 aromatic heterocycles. The second-order valence-corrected chi connectivity index (χ2v) is 9.57. The molecule has 3 heterocycles. The molecule has 184 valence electrons. The van der Waals surface area contributed by atoms with Crippen molar-refractivity contribution in [3.05, 3.63) is 52.3 Å². The first-order chi connectivity index (χ1) is 16.8. The van der Waals surface area contributed by atoms with Crippen LogP contribution in [0.1, 0.15) is 42.2 Å².